The standard InChI is InChI=1S/C26H29FN6O2/c1-25(2)34-21-19(33-9-7-16-23(29)30-13-31-24(16)33)12-26(3,22(21)35-25)8-6-14-10-17(27)15-4-5-20(28)32-18(15)11-14/h4-5,7,9-11,13,19,21-22H,6,8,12H2,1-3H3,(H2,28,32)(H2,29,30,31)/t19-,21+,22+,26+/m1/s1. The molecule has 9 heteroatoms. The minimum absolute atomic E-state index is 0.0216. The second kappa shape index (κ2) is 7.60. The Balaban J connectivity index is 1.33. The Morgan fingerprint density at radius 2 is 1.91 bits per heavy atom. The summed E-state index contributed by atoms with van der Waals surface area (Å²) < 4.78 is 29.8. The van der Waals surface area contributed by atoms with E-state index in [1.54, 1.807) is 18.2 Å². The van der Waals surface area contributed by atoms with Crippen molar-refractivity contribution in [2.45, 2.75) is 64.1 Å². The molecule has 182 valence electrons. The van der Waals surface area contributed by atoms with Crippen LogP contribution in [0.25, 0.3) is 21.9 Å². The van der Waals surface area contributed by atoms with Crippen molar-refractivity contribution in [1.29, 1.82) is 0 Å². The highest BCUT2D eigenvalue weighted by Crippen LogP contribution is 2.55. The molecule has 2 fully saturated rings. The Morgan fingerprint density at radius 3 is 2.74 bits per heavy atom. The van der Waals surface area contributed by atoms with E-state index in [9.17, 15) is 4.39 Å². The van der Waals surface area contributed by atoms with Crippen LogP contribution in [0.15, 0.2) is 42.9 Å². The van der Waals surface area contributed by atoms with E-state index in [-0.39, 0.29) is 29.5 Å². The summed E-state index contributed by atoms with van der Waals surface area (Å²) in [6.07, 6.45) is 5.55. The predicted octanol–water partition coefficient (Wildman–Crippen LogP) is 4.39. The van der Waals surface area contributed by atoms with Crippen LogP contribution in [-0.4, -0.2) is 37.5 Å². The van der Waals surface area contributed by atoms with Crippen LogP contribution in [0.3, 0.4) is 0 Å². The number of rotatable bonds is 4. The monoisotopic (exact) mass is 476 g/mol. The third-order valence-corrected chi connectivity index (χ3v) is 7.59. The van der Waals surface area contributed by atoms with Crippen LogP contribution < -0.4 is 11.5 Å². The number of aryl methyl sites for hydroxylation is 1. The number of nitrogens with two attached hydrogens (primary N) is 2. The van der Waals surface area contributed by atoms with Crippen molar-refractivity contribution in [2.75, 3.05) is 11.5 Å². The van der Waals surface area contributed by atoms with Gasteiger partial charge in [0.15, 0.2) is 5.79 Å². The second-order valence-corrected chi connectivity index (χ2v) is 10.5. The summed E-state index contributed by atoms with van der Waals surface area (Å²) in [6, 6.07) is 8.79. The molecule has 1 saturated carbocycles. The molecule has 1 saturated heterocycles. The van der Waals surface area contributed by atoms with Crippen LogP contribution in [0.1, 0.15) is 45.2 Å². The van der Waals surface area contributed by atoms with E-state index in [0.29, 0.717) is 29.0 Å². The lowest BCUT2D eigenvalue weighted by Crippen LogP contribution is -2.34. The molecule has 3 aromatic heterocycles. The molecule has 0 amide bonds. The van der Waals surface area contributed by atoms with E-state index >= 15 is 0 Å². The zero-order chi connectivity index (χ0) is 24.5. The van der Waals surface area contributed by atoms with Gasteiger partial charge in [-0.25, -0.2) is 19.3 Å². The average molecular weight is 477 g/mol. The number of fused-ring (bicyclic) bond motifs is 3. The first kappa shape index (κ1) is 22.2. The van der Waals surface area contributed by atoms with Crippen molar-refractivity contribution in [3.8, 4) is 0 Å². The van der Waals surface area contributed by atoms with Crippen molar-refractivity contribution in [3.05, 3.63) is 54.2 Å². The highest BCUT2D eigenvalue weighted by atomic mass is 19.1. The van der Waals surface area contributed by atoms with Gasteiger partial charge in [0.25, 0.3) is 0 Å². The van der Waals surface area contributed by atoms with Gasteiger partial charge in [0.1, 0.15) is 35.5 Å². The molecule has 8 nitrogen and oxygen atoms in total. The third kappa shape index (κ3) is 3.61. The van der Waals surface area contributed by atoms with Gasteiger partial charge in [-0.3, -0.25) is 0 Å². The number of hydrogen-bond acceptors (Lipinski definition) is 7. The molecule has 4 aromatic rings. The lowest BCUT2D eigenvalue weighted by Gasteiger charge is -2.32. The van der Waals surface area contributed by atoms with Crippen molar-refractivity contribution in [1.82, 2.24) is 19.5 Å². The van der Waals surface area contributed by atoms with E-state index in [1.807, 2.05) is 32.2 Å². The number of halogens is 1. The van der Waals surface area contributed by atoms with Gasteiger partial charge < -0.3 is 25.5 Å². The number of benzene rings is 1. The number of pyridine rings is 1. The molecule has 0 spiro atoms. The van der Waals surface area contributed by atoms with Crippen LogP contribution in [-0.2, 0) is 15.9 Å². The summed E-state index contributed by atoms with van der Waals surface area (Å²) in [5.41, 5.74) is 14.0. The minimum Gasteiger partial charge on any atom is -0.384 e. The summed E-state index contributed by atoms with van der Waals surface area (Å²) in [5, 5.41) is 1.31. The van der Waals surface area contributed by atoms with Gasteiger partial charge in [0.2, 0.25) is 0 Å². The first-order chi connectivity index (χ1) is 16.6. The van der Waals surface area contributed by atoms with Gasteiger partial charge in [0.05, 0.1) is 23.0 Å². The van der Waals surface area contributed by atoms with E-state index < -0.39 is 5.79 Å². The molecule has 0 bridgehead atoms. The average Bonchev–Trinajstić information content (AvgIpc) is 3.44. The van der Waals surface area contributed by atoms with E-state index in [4.69, 9.17) is 20.9 Å². The fraction of sp³-hybridized carbons (Fsp3) is 0.423. The van der Waals surface area contributed by atoms with Gasteiger partial charge in [-0.2, -0.15) is 0 Å². The summed E-state index contributed by atoms with van der Waals surface area (Å²) in [5.74, 6) is -0.134. The molecule has 1 aliphatic carbocycles. The van der Waals surface area contributed by atoms with E-state index in [0.717, 1.165) is 29.4 Å². The van der Waals surface area contributed by atoms with Gasteiger partial charge >= 0.3 is 0 Å². The Morgan fingerprint density at radius 1 is 1.09 bits per heavy atom. The van der Waals surface area contributed by atoms with Crippen molar-refractivity contribution >= 4 is 33.6 Å². The van der Waals surface area contributed by atoms with Gasteiger partial charge in [-0.05, 0) is 74.4 Å². The minimum atomic E-state index is -0.692. The maximum Gasteiger partial charge on any atom is 0.163 e. The summed E-state index contributed by atoms with van der Waals surface area (Å²) in [6.45, 7) is 6.13. The van der Waals surface area contributed by atoms with Crippen LogP contribution in [0, 0.1) is 11.2 Å². The number of hydrogen-bond donors (Lipinski definition) is 2. The van der Waals surface area contributed by atoms with Crippen molar-refractivity contribution < 1.29 is 13.9 Å². The quantitative estimate of drug-likeness (QED) is 0.449. The molecule has 4 heterocycles. The first-order valence-electron chi connectivity index (χ1n) is 11.9. The number of ether oxygens (including phenoxy) is 2. The number of nitrogens with zero attached hydrogens (tertiary/aromatic N) is 4. The highest BCUT2D eigenvalue weighted by Gasteiger charge is 2.59. The molecule has 1 aliphatic heterocycles. The molecule has 0 radical (unpaired) electrons. The summed E-state index contributed by atoms with van der Waals surface area (Å²) in [7, 11) is 0. The lowest BCUT2D eigenvalue weighted by molar-refractivity contribution is -0.168. The first-order valence-corrected chi connectivity index (χ1v) is 11.9. The zero-order valence-electron chi connectivity index (χ0n) is 20.0. The second-order valence-electron chi connectivity index (χ2n) is 10.5. The largest absolute Gasteiger partial charge is 0.384 e. The summed E-state index contributed by atoms with van der Waals surface area (Å²) >= 11 is 0. The topological polar surface area (TPSA) is 114 Å². The molecular weight excluding hydrogens is 447 g/mol. The number of nitrogen functional groups attached to an aromatic ring is 2. The van der Waals surface area contributed by atoms with Crippen molar-refractivity contribution in [2.24, 2.45) is 5.41 Å². The third-order valence-electron chi connectivity index (χ3n) is 7.59. The maximum absolute atomic E-state index is 14.8. The molecule has 2 aliphatic rings. The highest BCUT2D eigenvalue weighted by molar-refractivity contribution is 5.86. The Labute approximate surface area is 202 Å². The molecule has 4 N–H and O–H groups in total. The molecule has 1 aromatic carbocycles. The Bertz CT molecular complexity index is 1450. The van der Waals surface area contributed by atoms with E-state index in [1.165, 1.54) is 6.33 Å². The smallest absolute Gasteiger partial charge is 0.163 e. The Hall–Kier alpha value is -3.30. The fourth-order valence-electron chi connectivity index (χ4n) is 5.91. The molecule has 4 atom stereocenters. The lowest BCUT2D eigenvalue weighted by atomic mass is 9.80. The van der Waals surface area contributed by atoms with Gasteiger partial charge in [-0.1, -0.05) is 6.92 Å². The molecule has 0 unspecified atom stereocenters. The molecular formula is C26H29FN6O2. The SMILES string of the molecule is CC1(C)O[C@H]2[C@H](n3ccc4c(N)ncnc43)C[C@](C)(CCc3cc(F)c4ccc(N)nc4c3)[C@H]2O1. The van der Waals surface area contributed by atoms with Gasteiger partial charge in [-0.15, -0.1) is 0 Å². The fourth-order valence-corrected chi connectivity index (χ4v) is 5.91. The van der Waals surface area contributed by atoms with Crippen LogP contribution in [0.4, 0.5) is 16.0 Å². The van der Waals surface area contributed by atoms with Crippen molar-refractivity contribution in [3.63, 3.8) is 0 Å². The number of aromatic nitrogens is 4. The van der Waals surface area contributed by atoms with Gasteiger partial charge in [0, 0.05) is 11.6 Å². The predicted molar refractivity (Wildman–Crippen MR) is 132 cm³/mol. The maximum atomic E-state index is 14.8. The Kier molecular flexibility index (Phi) is 4.82. The normalized spacial score (nSPS) is 27.6. The number of anilines is 2. The van der Waals surface area contributed by atoms with Crippen LogP contribution in [0.2, 0.25) is 0 Å². The van der Waals surface area contributed by atoms with E-state index in [2.05, 4.69) is 26.4 Å². The molecule has 6 rings (SSSR count). The zero-order valence-corrected chi connectivity index (χ0v) is 20.0. The van der Waals surface area contributed by atoms with Crippen LogP contribution >= 0.6 is 0 Å². The molecule has 35 heavy (non-hydrogen) atoms. The van der Waals surface area contributed by atoms with Crippen LogP contribution in [0.5, 0.6) is 0 Å². The summed E-state index contributed by atoms with van der Waals surface area (Å²) in [4.78, 5) is 12.9.